The molecule has 1 atom stereocenters. The third-order valence-electron chi connectivity index (χ3n) is 13.9. The molecule has 0 spiro atoms. The fourth-order valence-corrected chi connectivity index (χ4v) is 9.22. The van der Waals surface area contributed by atoms with Crippen LogP contribution in [0, 0.1) is 0 Å². The van der Waals surface area contributed by atoms with Crippen LogP contribution in [-0.4, -0.2) is 37.2 Å². The molecule has 6 heteroatoms. The Morgan fingerprint density at radius 2 is 0.514 bits per heavy atom. The van der Waals surface area contributed by atoms with Crippen molar-refractivity contribution in [2.75, 3.05) is 13.2 Å². The van der Waals surface area contributed by atoms with E-state index < -0.39 is 6.10 Å². The topological polar surface area (TPSA) is 78.9 Å². The van der Waals surface area contributed by atoms with Gasteiger partial charge in [-0.05, 0) is 57.8 Å². The van der Waals surface area contributed by atoms with Crippen LogP contribution < -0.4 is 0 Å². The Kier molecular flexibility index (Phi) is 57.2. The van der Waals surface area contributed by atoms with Crippen LogP contribution in [-0.2, 0) is 28.6 Å². The Morgan fingerprint density at radius 3 is 0.800 bits per heavy atom. The van der Waals surface area contributed by atoms with E-state index in [1.807, 2.05) is 0 Å². The number of allylic oxidation sites excluding steroid dienone is 6. The number of hydrogen-bond donors (Lipinski definition) is 0. The van der Waals surface area contributed by atoms with Crippen molar-refractivity contribution in [1.82, 2.24) is 0 Å². The van der Waals surface area contributed by atoms with E-state index in [0.29, 0.717) is 19.3 Å². The molecule has 0 N–H and O–H groups in total. The van der Waals surface area contributed by atoms with Crippen molar-refractivity contribution in [2.45, 2.75) is 341 Å². The summed E-state index contributed by atoms with van der Waals surface area (Å²) in [5, 5.41) is 0. The number of esters is 3. The maximum atomic E-state index is 12.8. The number of unbranched alkanes of at least 4 members (excludes halogenated alkanes) is 40. The van der Waals surface area contributed by atoms with Gasteiger partial charge in [-0.3, -0.25) is 14.4 Å². The Morgan fingerprint density at radius 1 is 0.286 bits per heavy atom. The van der Waals surface area contributed by atoms with E-state index in [-0.39, 0.29) is 31.1 Å². The molecule has 0 bridgehead atoms. The van der Waals surface area contributed by atoms with Gasteiger partial charge in [0.2, 0.25) is 0 Å². The van der Waals surface area contributed by atoms with Gasteiger partial charge in [0.15, 0.2) is 6.10 Å². The zero-order valence-corrected chi connectivity index (χ0v) is 47.1. The highest BCUT2D eigenvalue weighted by atomic mass is 16.6. The van der Waals surface area contributed by atoms with Crippen LogP contribution in [0.1, 0.15) is 335 Å². The summed E-state index contributed by atoms with van der Waals surface area (Å²) in [6.07, 6.45) is 71.7. The van der Waals surface area contributed by atoms with Gasteiger partial charge in [-0.2, -0.15) is 0 Å². The van der Waals surface area contributed by atoms with Crippen molar-refractivity contribution < 1.29 is 28.6 Å². The Balaban J connectivity index is 4.02. The van der Waals surface area contributed by atoms with Gasteiger partial charge in [0, 0.05) is 19.3 Å². The average molecular weight is 984 g/mol. The van der Waals surface area contributed by atoms with E-state index in [4.69, 9.17) is 14.2 Å². The van der Waals surface area contributed by atoms with Crippen molar-refractivity contribution in [3.05, 3.63) is 36.5 Å². The molecule has 0 rings (SSSR count). The minimum atomic E-state index is -0.764. The Labute approximate surface area is 435 Å². The monoisotopic (exact) mass is 983 g/mol. The van der Waals surface area contributed by atoms with Gasteiger partial charge in [0.1, 0.15) is 13.2 Å². The smallest absolute Gasteiger partial charge is 0.306 e. The maximum Gasteiger partial charge on any atom is 0.306 e. The molecule has 410 valence electrons. The molecule has 0 aromatic heterocycles. The molecule has 1 unspecified atom stereocenters. The van der Waals surface area contributed by atoms with Crippen molar-refractivity contribution in [2.24, 2.45) is 0 Å². The molecule has 0 radical (unpaired) electrons. The van der Waals surface area contributed by atoms with Crippen molar-refractivity contribution in [1.29, 1.82) is 0 Å². The molecule has 0 aliphatic heterocycles. The first kappa shape index (κ1) is 67.6. The molecule has 0 aliphatic carbocycles. The van der Waals surface area contributed by atoms with E-state index in [0.717, 1.165) is 70.6 Å². The zero-order valence-electron chi connectivity index (χ0n) is 47.1. The minimum absolute atomic E-state index is 0.0662. The summed E-state index contributed by atoms with van der Waals surface area (Å²) in [6.45, 7) is 6.64. The van der Waals surface area contributed by atoms with Crippen LogP contribution in [0.25, 0.3) is 0 Å². The van der Waals surface area contributed by atoms with Crippen LogP contribution in [0.15, 0.2) is 36.5 Å². The third-order valence-corrected chi connectivity index (χ3v) is 13.9. The number of ether oxygens (including phenoxy) is 3. The van der Waals surface area contributed by atoms with E-state index in [1.165, 1.54) is 225 Å². The van der Waals surface area contributed by atoms with Gasteiger partial charge in [-0.25, -0.2) is 0 Å². The van der Waals surface area contributed by atoms with E-state index in [2.05, 4.69) is 57.2 Å². The van der Waals surface area contributed by atoms with Crippen LogP contribution in [0.3, 0.4) is 0 Å². The van der Waals surface area contributed by atoms with Crippen LogP contribution in [0.4, 0.5) is 0 Å². The lowest BCUT2D eigenvalue weighted by atomic mass is 10.0. The Hall–Kier alpha value is -2.37. The molecule has 0 fully saturated rings. The fourth-order valence-electron chi connectivity index (χ4n) is 9.22. The highest BCUT2D eigenvalue weighted by molar-refractivity contribution is 5.71. The van der Waals surface area contributed by atoms with Crippen LogP contribution in [0.2, 0.25) is 0 Å². The molecule has 0 aromatic rings. The molecule has 0 aromatic carbocycles. The summed E-state index contributed by atoms with van der Waals surface area (Å²) in [5.74, 6) is -0.851. The predicted molar refractivity (Wildman–Crippen MR) is 302 cm³/mol. The van der Waals surface area contributed by atoms with Gasteiger partial charge in [0.05, 0.1) is 0 Å². The SMILES string of the molecule is CCCCCCC/C=C\C/C=C\C/C=C\CCCCCCCCCCCCCCCCCCC(=O)OCC(COC(=O)CCCCCCCCCCC)OC(=O)CCCCCCCCCCCCCC. The first-order valence-corrected chi connectivity index (χ1v) is 31.0. The standard InChI is InChI=1S/C64H118O6/c1-4-7-10-13-16-19-21-23-24-25-26-27-28-29-30-31-32-33-34-35-36-37-38-39-40-41-43-45-48-51-54-57-63(66)69-60-61(59-68-62(65)56-53-50-47-44-18-15-12-9-6-3)70-64(67)58-55-52-49-46-42-22-20-17-14-11-8-5-2/h21,23,25-26,28-29,61H,4-20,22,24,27,30-60H2,1-3H3/b23-21-,26-25-,29-28-. The lowest BCUT2D eigenvalue weighted by Crippen LogP contribution is -2.30. The highest BCUT2D eigenvalue weighted by Gasteiger charge is 2.19. The summed E-state index contributed by atoms with van der Waals surface area (Å²) in [5.41, 5.74) is 0. The van der Waals surface area contributed by atoms with Crippen LogP contribution in [0.5, 0.6) is 0 Å². The van der Waals surface area contributed by atoms with Crippen LogP contribution >= 0.6 is 0 Å². The summed E-state index contributed by atoms with van der Waals surface area (Å²) in [4.78, 5) is 38.0. The highest BCUT2D eigenvalue weighted by Crippen LogP contribution is 2.17. The van der Waals surface area contributed by atoms with Crippen molar-refractivity contribution in [3.8, 4) is 0 Å². The molecule has 0 heterocycles. The number of carbonyl (C=O) groups is 3. The molecule has 6 nitrogen and oxygen atoms in total. The zero-order chi connectivity index (χ0) is 50.7. The van der Waals surface area contributed by atoms with E-state index in [9.17, 15) is 14.4 Å². The first-order chi connectivity index (χ1) is 34.5. The molecular formula is C64H118O6. The summed E-state index contributed by atoms with van der Waals surface area (Å²) < 4.78 is 16.8. The summed E-state index contributed by atoms with van der Waals surface area (Å²) >= 11 is 0. The first-order valence-electron chi connectivity index (χ1n) is 31.0. The maximum absolute atomic E-state index is 12.8. The molecule has 0 saturated heterocycles. The summed E-state index contributed by atoms with van der Waals surface area (Å²) in [7, 11) is 0. The van der Waals surface area contributed by atoms with Gasteiger partial charge in [-0.15, -0.1) is 0 Å². The second-order valence-electron chi connectivity index (χ2n) is 21.0. The quantitative estimate of drug-likeness (QED) is 0.0261. The van der Waals surface area contributed by atoms with E-state index in [1.54, 1.807) is 0 Å². The molecule has 0 aliphatic rings. The predicted octanol–water partition coefficient (Wildman–Crippen LogP) is 20.8. The van der Waals surface area contributed by atoms with Crippen molar-refractivity contribution >= 4 is 17.9 Å². The number of carbonyl (C=O) groups excluding carboxylic acids is 3. The normalized spacial score (nSPS) is 12.2. The van der Waals surface area contributed by atoms with Gasteiger partial charge >= 0.3 is 17.9 Å². The number of rotatable bonds is 57. The fraction of sp³-hybridized carbons (Fsp3) is 0.859. The molecular weight excluding hydrogens is 865 g/mol. The third kappa shape index (κ3) is 56.5. The van der Waals surface area contributed by atoms with Gasteiger partial charge in [0.25, 0.3) is 0 Å². The largest absolute Gasteiger partial charge is 0.462 e. The second-order valence-corrected chi connectivity index (χ2v) is 21.0. The van der Waals surface area contributed by atoms with Crippen molar-refractivity contribution in [3.63, 3.8) is 0 Å². The summed E-state index contributed by atoms with van der Waals surface area (Å²) in [6, 6.07) is 0. The van der Waals surface area contributed by atoms with E-state index >= 15 is 0 Å². The second kappa shape index (κ2) is 59.2. The molecule has 0 amide bonds. The minimum Gasteiger partial charge on any atom is -0.462 e. The number of hydrogen-bond acceptors (Lipinski definition) is 6. The lowest BCUT2D eigenvalue weighted by Gasteiger charge is -2.18. The lowest BCUT2D eigenvalue weighted by molar-refractivity contribution is -0.167. The average Bonchev–Trinajstić information content (AvgIpc) is 3.36. The van der Waals surface area contributed by atoms with Gasteiger partial charge in [-0.1, -0.05) is 295 Å². The molecule has 0 saturated carbocycles. The van der Waals surface area contributed by atoms with Gasteiger partial charge < -0.3 is 14.2 Å². The Bertz CT molecular complexity index is 1170. The molecule has 70 heavy (non-hydrogen) atoms.